The zero-order valence-corrected chi connectivity index (χ0v) is 48.7. The summed E-state index contributed by atoms with van der Waals surface area (Å²) in [6, 6.07) is -0.623. The highest BCUT2D eigenvalue weighted by Gasteiger charge is 2.18. The number of amides is 1. The number of hydrogen-bond donors (Lipinski definition) is 3. The van der Waals surface area contributed by atoms with E-state index < -0.39 is 12.1 Å². The predicted octanol–water partition coefficient (Wildman–Crippen LogP) is 20.6. The Labute approximate surface area is 450 Å². The molecule has 72 heavy (non-hydrogen) atoms. The average molecular weight is 1010 g/mol. The second-order valence-electron chi connectivity index (χ2n) is 22.5. The van der Waals surface area contributed by atoms with Crippen LogP contribution in [0.1, 0.15) is 361 Å². The van der Waals surface area contributed by atoms with Gasteiger partial charge in [0, 0.05) is 12.8 Å². The minimum absolute atomic E-state index is 0.0204. The lowest BCUT2D eigenvalue weighted by molar-refractivity contribution is -0.143. The molecule has 0 aliphatic carbocycles. The van der Waals surface area contributed by atoms with E-state index in [1.807, 2.05) is 6.08 Å². The molecule has 6 heteroatoms. The Morgan fingerprint density at radius 1 is 0.375 bits per heavy atom. The number of ether oxygens (including phenoxy) is 1. The number of carbonyl (C=O) groups excluding carboxylic acids is 2. The molecular formula is C66H127NO5. The Bertz CT molecular complexity index is 1120. The van der Waals surface area contributed by atoms with Gasteiger partial charge in [-0.1, -0.05) is 314 Å². The van der Waals surface area contributed by atoms with E-state index in [4.69, 9.17) is 4.74 Å². The van der Waals surface area contributed by atoms with Gasteiger partial charge in [-0.15, -0.1) is 0 Å². The van der Waals surface area contributed by atoms with Gasteiger partial charge in [-0.25, -0.2) is 0 Å². The van der Waals surface area contributed by atoms with Crippen molar-refractivity contribution in [3.8, 4) is 0 Å². The topological polar surface area (TPSA) is 95.9 Å². The van der Waals surface area contributed by atoms with Crippen LogP contribution in [0, 0.1) is 0 Å². The standard InChI is InChI=1S/C66H127NO5/c1-3-5-7-9-11-13-14-15-37-40-44-48-52-56-60-66(71)72-61-57-53-49-45-41-38-35-33-31-29-27-25-23-21-19-17-16-18-20-22-24-26-28-30-32-34-36-39-43-47-51-55-59-65(70)67-63(62-68)64(69)58-54-50-46-42-12-10-8-6-4-2/h19,21,54,58,63-64,68-69H,3-18,20,22-53,55-57,59-62H2,1-2H3,(H,67,70)/b21-19-,58-54+. The maximum Gasteiger partial charge on any atom is 0.305 e. The number of allylic oxidation sites excluding steroid dienone is 3. The molecule has 0 aromatic heterocycles. The number of aliphatic hydroxyl groups excluding tert-OH is 2. The van der Waals surface area contributed by atoms with Crippen molar-refractivity contribution < 1.29 is 24.5 Å². The normalized spacial score (nSPS) is 12.7. The first-order valence-corrected chi connectivity index (χ1v) is 32.6. The molecule has 0 spiro atoms. The van der Waals surface area contributed by atoms with E-state index in [0.717, 1.165) is 38.5 Å². The zero-order chi connectivity index (χ0) is 52.2. The lowest BCUT2D eigenvalue weighted by Crippen LogP contribution is -2.45. The first-order valence-electron chi connectivity index (χ1n) is 32.6. The van der Waals surface area contributed by atoms with Crippen LogP contribution >= 0.6 is 0 Å². The van der Waals surface area contributed by atoms with E-state index in [1.165, 1.54) is 295 Å². The molecule has 2 atom stereocenters. The van der Waals surface area contributed by atoms with Gasteiger partial charge in [0.25, 0.3) is 0 Å². The summed E-state index contributed by atoms with van der Waals surface area (Å²) in [5.74, 6) is -0.0465. The van der Waals surface area contributed by atoms with Crippen molar-refractivity contribution in [3.63, 3.8) is 0 Å². The largest absolute Gasteiger partial charge is 0.466 e. The molecule has 1 amide bonds. The highest BCUT2D eigenvalue weighted by Crippen LogP contribution is 2.18. The number of rotatable bonds is 61. The van der Waals surface area contributed by atoms with Crippen LogP contribution in [0.2, 0.25) is 0 Å². The van der Waals surface area contributed by atoms with Crippen LogP contribution in [0.25, 0.3) is 0 Å². The molecule has 0 saturated carbocycles. The summed E-state index contributed by atoms with van der Waals surface area (Å²) in [7, 11) is 0. The minimum Gasteiger partial charge on any atom is -0.466 e. The van der Waals surface area contributed by atoms with Gasteiger partial charge in [0.2, 0.25) is 5.91 Å². The quantitative estimate of drug-likeness (QED) is 0.0320. The van der Waals surface area contributed by atoms with Crippen molar-refractivity contribution in [2.24, 2.45) is 0 Å². The number of esters is 1. The van der Waals surface area contributed by atoms with Crippen molar-refractivity contribution in [1.82, 2.24) is 5.32 Å². The number of unbranched alkanes of at least 4 members (excludes halogenated alkanes) is 48. The minimum atomic E-state index is -0.840. The molecule has 3 N–H and O–H groups in total. The molecule has 0 bridgehead atoms. The van der Waals surface area contributed by atoms with Gasteiger partial charge in [0.15, 0.2) is 0 Å². The van der Waals surface area contributed by atoms with Crippen LogP contribution in [0.15, 0.2) is 24.3 Å². The van der Waals surface area contributed by atoms with Crippen molar-refractivity contribution >= 4 is 11.9 Å². The van der Waals surface area contributed by atoms with E-state index in [1.54, 1.807) is 6.08 Å². The third kappa shape index (κ3) is 57.6. The Balaban J connectivity index is 3.32. The number of aliphatic hydroxyl groups is 2. The highest BCUT2D eigenvalue weighted by atomic mass is 16.5. The van der Waals surface area contributed by atoms with E-state index in [2.05, 4.69) is 31.3 Å². The third-order valence-corrected chi connectivity index (χ3v) is 15.2. The molecule has 2 unspecified atom stereocenters. The van der Waals surface area contributed by atoms with E-state index in [0.29, 0.717) is 19.4 Å². The zero-order valence-electron chi connectivity index (χ0n) is 48.7. The van der Waals surface area contributed by atoms with Crippen LogP contribution in [-0.4, -0.2) is 47.4 Å². The third-order valence-electron chi connectivity index (χ3n) is 15.2. The van der Waals surface area contributed by atoms with Crippen LogP contribution in [0.4, 0.5) is 0 Å². The second-order valence-corrected chi connectivity index (χ2v) is 22.5. The smallest absolute Gasteiger partial charge is 0.305 e. The molecule has 0 radical (unpaired) electrons. The summed E-state index contributed by atoms with van der Waals surface area (Å²) in [5, 5.41) is 23.0. The molecule has 0 heterocycles. The summed E-state index contributed by atoms with van der Waals surface area (Å²) in [6.45, 7) is 4.90. The SMILES string of the molecule is CCCCCCCCC/C=C/C(O)C(CO)NC(=O)CCCCCCCCCCCCCCCCCC/C=C\CCCCCCCCCCCCCCOC(=O)CCCCCCCCCCCCCCCC. The lowest BCUT2D eigenvalue weighted by atomic mass is 10.0. The monoisotopic (exact) mass is 1010 g/mol. The Kier molecular flexibility index (Phi) is 60.5. The highest BCUT2D eigenvalue weighted by molar-refractivity contribution is 5.76. The molecule has 426 valence electrons. The summed E-state index contributed by atoms with van der Waals surface area (Å²) in [6.07, 6.45) is 76.9. The molecular weight excluding hydrogens is 887 g/mol. The second kappa shape index (κ2) is 61.9. The van der Waals surface area contributed by atoms with Crippen molar-refractivity contribution in [2.75, 3.05) is 13.2 Å². The molecule has 6 nitrogen and oxygen atoms in total. The van der Waals surface area contributed by atoms with Gasteiger partial charge in [-0.3, -0.25) is 9.59 Å². The predicted molar refractivity (Wildman–Crippen MR) is 315 cm³/mol. The fourth-order valence-electron chi connectivity index (χ4n) is 10.2. The number of hydrogen-bond acceptors (Lipinski definition) is 5. The molecule has 0 aliphatic heterocycles. The van der Waals surface area contributed by atoms with Gasteiger partial charge in [0.1, 0.15) is 0 Å². The van der Waals surface area contributed by atoms with Crippen molar-refractivity contribution in [3.05, 3.63) is 24.3 Å². The van der Waals surface area contributed by atoms with Crippen molar-refractivity contribution in [1.29, 1.82) is 0 Å². The molecule has 0 aromatic rings. The fraction of sp³-hybridized carbons (Fsp3) is 0.909. The Hall–Kier alpha value is -1.66. The van der Waals surface area contributed by atoms with E-state index >= 15 is 0 Å². The fourth-order valence-corrected chi connectivity index (χ4v) is 10.2. The van der Waals surface area contributed by atoms with E-state index in [-0.39, 0.29) is 18.5 Å². The molecule has 0 saturated heterocycles. The van der Waals surface area contributed by atoms with Crippen molar-refractivity contribution in [2.45, 2.75) is 373 Å². The summed E-state index contributed by atoms with van der Waals surface area (Å²) < 4.78 is 5.49. The summed E-state index contributed by atoms with van der Waals surface area (Å²) in [4.78, 5) is 24.4. The van der Waals surface area contributed by atoms with Gasteiger partial charge in [-0.05, 0) is 57.8 Å². The molecule has 0 aliphatic rings. The average Bonchev–Trinajstić information content (AvgIpc) is 3.38. The van der Waals surface area contributed by atoms with Gasteiger partial charge in [-0.2, -0.15) is 0 Å². The molecule has 0 fully saturated rings. The lowest BCUT2D eigenvalue weighted by Gasteiger charge is -2.20. The van der Waals surface area contributed by atoms with Gasteiger partial charge in [0.05, 0.1) is 25.4 Å². The van der Waals surface area contributed by atoms with Gasteiger partial charge < -0.3 is 20.3 Å². The van der Waals surface area contributed by atoms with Gasteiger partial charge >= 0.3 is 5.97 Å². The van der Waals surface area contributed by atoms with Crippen LogP contribution in [0.3, 0.4) is 0 Å². The summed E-state index contributed by atoms with van der Waals surface area (Å²) in [5.41, 5.74) is 0. The number of nitrogens with one attached hydrogen (secondary N) is 1. The maximum atomic E-state index is 12.4. The first kappa shape index (κ1) is 70.3. The van der Waals surface area contributed by atoms with Crippen LogP contribution < -0.4 is 5.32 Å². The number of carbonyl (C=O) groups is 2. The maximum absolute atomic E-state index is 12.4. The van der Waals surface area contributed by atoms with Crippen LogP contribution in [-0.2, 0) is 14.3 Å². The van der Waals surface area contributed by atoms with E-state index in [9.17, 15) is 19.8 Å². The Morgan fingerprint density at radius 2 is 0.653 bits per heavy atom. The first-order chi connectivity index (χ1) is 35.5. The molecule has 0 rings (SSSR count). The Morgan fingerprint density at radius 3 is 0.986 bits per heavy atom. The molecule has 0 aromatic carbocycles. The van der Waals surface area contributed by atoms with Crippen LogP contribution in [0.5, 0.6) is 0 Å². The summed E-state index contributed by atoms with van der Waals surface area (Å²) >= 11 is 0.